The average molecular weight is 341 g/mol. The second kappa shape index (κ2) is 7.79. The van der Waals surface area contributed by atoms with E-state index >= 15 is 0 Å². The van der Waals surface area contributed by atoms with Gasteiger partial charge in [-0.15, -0.1) is 0 Å². The maximum absolute atomic E-state index is 12.4. The summed E-state index contributed by atoms with van der Waals surface area (Å²) in [5, 5.41) is -0.330. The normalized spacial score (nSPS) is 16.3. The maximum Gasteiger partial charge on any atom is 0.253 e. The van der Waals surface area contributed by atoms with E-state index in [0.717, 1.165) is 0 Å². The SMILES string of the molecule is COCCOc1ccc(C(=O)N2CCC(S(C)(=O)=O)CC2)cc1. The number of nitrogens with zero attached hydrogens (tertiary/aromatic N) is 1. The second-order valence-corrected chi connectivity index (χ2v) is 8.01. The van der Waals surface area contributed by atoms with Crippen LogP contribution in [0, 0.1) is 0 Å². The molecule has 0 aromatic heterocycles. The van der Waals surface area contributed by atoms with Crippen LogP contribution in [0.4, 0.5) is 0 Å². The van der Waals surface area contributed by atoms with Crippen molar-refractivity contribution in [3.05, 3.63) is 29.8 Å². The van der Waals surface area contributed by atoms with Gasteiger partial charge >= 0.3 is 0 Å². The average Bonchev–Trinajstić information content (AvgIpc) is 2.54. The van der Waals surface area contributed by atoms with Crippen molar-refractivity contribution in [3.8, 4) is 5.75 Å². The Hall–Kier alpha value is -1.60. The predicted molar refractivity (Wildman–Crippen MR) is 87.6 cm³/mol. The van der Waals surface area contributed by atoms with Gasteiger partial charge in [0.1, 0.15) is 22.2 Å². The van der Waals surface area contributed by atoms with Crippen molar-refractivity contribution in [3.63, 3.8) is 0 Å². The fraction of sp³-hybridized carbons (Fsp3) is 0.562. The number of rotatable bonds is 6. The maximum atomic E-state index is 12.4. The molecule has 2 rings (SSSR count). The highest BCUT2D eigenvalue weighted by Crippen LogP contribution is 2.20. The first-order valence-electron chi connectivity index (χ1n) is 7.62. The molecule has 23 heavy (non-hydrogen) atoms. The van der Waals surface area contributed by atoms with Gasteiger partial charge in [0.05, 0.1) is 11.9 Å². The van der Waals surface area contributed by atoms with Crippen molar-refractivity contribution in [1.29, 1.82) is 0 Å². The van der Waals surface area contributed by atoms with E-state index in [0.29, 0.717) is 50.5 Å². The molecule has 128 valence electrons. The first kappa shape index (κ1) is 17.7. The van der Waals surface area contributed by atoms with E-state index in [-0.39, 0.29) is 11.2 Å². The number of carbonyl (C=O) groups excluding carboxylic acids is 1. The van der Waals surface area contributed by atoms with E-state index in [1.807, 2.05) is 0 Å². The fourth-order valence-corrected chi connectivity index (χ4v) is 3.67. The van der Waals surface area contributed by atoms with Gasteiger partial charge in [0.25, 0.3) is 5.91 Å². The number of ether oxygens (including phenoxy) is 2. The highest BCUT2D eigenvalue weighted by atomic mass is 32.2. The summed E-state index contributed by atoms with van der Waals surface area (Å²) in [6, 6.07) is 6.97. The van der Waals surface area contributed by atoms with Crippen LogP contribution in [-0.4, -0.2) is 64.1 Å². The minimum absolute atomic E-state index is 0.0691. The third kappa shape index (κ3) is 4.94. The molecular formula is C16H23NO5S. The number of likely N-dealkylation sites (tertiary alicyclic amines) is 1. The standard InChI is InChI=1S/C16H23NO5S/c1-21-11-12-22-14-5-3-13(4-6-14)16(18)17-9-7-15(8-10-17)23(2,19)20/h3-6,15H,7-12H2,1-2H3. The molecule has 0 spiro atoms. The van der Waals surface area contributed by atoms with Crippen molar-refractivity contribution >= 4 is 15.7 Å². The van der Waals surface area contributed by atoms with Crippen LogP contribution in [0.3, 0.4) is 0 Å². The Morgan fingerprint density at radius 1 is 1.17 bits per heavy atom. The number of carbonyl (C=O) groups is 1. The van der Waals surface area contributed by atoms with Crippen molar-refractivity contribution in [1.82, 2.24) is 4.90 Å². The van der Waals surface area contributed by atoms with Gasteiger partial charge in [0, 0.05) is 32.0 Å². The molecule has 1 amide bonds. The van der Waals surface area contributed by atoms with E-state index in [1.54, 1.807) is 36.3 Å². The smallest absolute Gasteiger partial charge is 0.253 e. The summed E-state index contributed by atoms with van der Waals surface area (Å²) in [5.41, 5.74) is 0.585. The molecule has 1 heterocycles. The van der Waals surface area contributed by atoms with Crippen LogP contribution in [-0.2, 0) is 14.6 Å². The number of hydrogen-bond acceptors (Lipinski definition) is 5. The predicted octanol–water partition coefficient (Wildman–Crippen LogP) is 1.36. The van der Waals surface area contributed by atoms with Gasteiger partial charge in [-0.3, -0.25) is 4.79 Å². The zero-order valence-electron chi connectivity index (χ0n) is 13.5. The highest BCUT2D eigenvalue weighted by Gasteiger charge is 2.29. The van der Waals surface area contributed by atoms with Gasteiger partial charge in [-0.25, -0.2) is 8.42 Å². The molecule has 0 radical (unpaired) electrons. The largest absolute Gasteiger partial charge is 0.491 e. The number of sulfone groups is 1. The lowest BCUT2D eigenvalue weighted by Crippen LogP contribution is -2.42. The molecular weight excluding hydrogens is 318 g/mol. The molecule has 0 atom stereocenters. The molecule has 1 aliphatic rings. The van der Waals surface area contributed by atoms with E-state index < -0.39 is 9.84 Å². The van der Waals surface area contributed by atoms with Gasteiger partial charge in [-0.05, 0) is 37.1 Å². The van der Waals surface area contributed by atoms with Crippen molar-refractivity contribution in [2.45, 2.75) is 18.1 Å². The molecule has 0 aliphatic carbocycles. The molecule has 7 heteroatoms. The van der Waals surface area contributed by atoms with Gasteiger partial charge < -0.3 is 14.4 Å². The Kier molecular flexibility index (Phi) is 6.01. The van der Waals surface area contributed by atoms with Crippen molar-refractivity contribution in [2.75, 3.05) is 39.7 Å². The molecule has 0 saturated carbocycles. The minimum atomic E-state index is -3.02. The van der Waals surface area contributed by atoms with E-state index in [1.165, 1.54) is 6.26 Å². The van der Waals surface area contributed by atoms with Crippen LogP contribution < -0.4 is 4.74 Å². The number of amides is 1. The Labute approximate surface area is 137 Å². The topological polar surface area (TPSA) is 72.9 Å². The number of hydrogen-bond donors (Lipinski definition) is 0. The molecule has 1 fully saturated rings. The highest BCUT2D eigenvalue weighted by molar-refractivity contribution is 7.91. The van der Waals surface area contributed by atoms with Crippen molar-refractivity contribution in [2.24, 2.45) is 0 Å². The van der Waals surface area contributed by atoms with Gasteiger partial charge in [-0.2, -0.15) is 0 Å². The van der Waals surface area contributed by atoms with Crippen LogP contribution in [0.25, 0.3) is 0 Å². The zero-order valence-corrected chi connectivity index (χ0v) is 14.3. The summed E-state index contributed by atoms with van der Waals surface area (Å²) >= 11 is 0. The summed E-state index contributed by atoms with van der Waals surface area (Å²) in [7, 11) is -1.41. The van der Waals surface area contributed by atoms with Gasteiger partial charge in [0.2, 0.25) is 0 Å². The second-order valence-electron chi connectivity index (χ2n) is 5.69. The van der Waals surface area contributed by atoms with E-state index in [2.05, 4.69) is 0 Å². The lowest BCUT2D eigenvalue weighted by atomic mass is 10.1. The third-order valence-corrected chi connectivity index (χ3v) is 5.67. The van der Waals surface area contributed by atoms with Gasteiger partial charge in [-0.1, -0.05) is 0 Å². The van der Waals surface area contributed by atoms with Crippen LogP contribution in [0.5, 0.6) is 5.75 Å². The van der Waals surface area contributed by atoms with Crippen LogP contribution in [0.15, 0.2) is 24.3 Å². The summed E-state index contributed by atoms with van der Waals surface area (Å²) in [4.78, 5) is 14.2. The Morgan fingerprint density at radius 3 is 2.30 bits per heavy atom. The lowest BCUT2D eigenvalue weighted by Gasteiger charge is -2.31. The van der Waals surface area contributed by atoms with Crippen molar-refractivity contribution < 1.29 is 22.7 Å². The molecule has 1 aliphatic heterocycles. The van der Waals surface area contributed by atoms with E-state index in [9.17, 15) is 13.2 Å². The first-order valence-corrected chi connectivity index (χ1v) is 9.57. The monoisotopic (exact) mass is 341 g/mol. The Morgan fingerprint density at radius 2 is 1.78 bits per heavy atom. The molecule has 0 N–H and O–H groups in total. The first-order chi connectivity index (χ1) is 10.9. The minimum Gasteiger partial charge on any atom is -0.491 e. The number of methoxy groups -OCH3 is 1. The fourth-order valence-electron chi connectivity index (χ4n) is 2.61. The molecule has 1 aromatic rings. The van der Waals surface area contributed by atoms with Crippen LogP contribution in [0.1, 0.15) is 23.2 Å². The lowest BCUT2D eigenvalue weighted by molar-refractivity contribution is 0.0725. The Balaban J connectivity index is 1.91. The summed E-state index contributed by atoms with van der Waals surface area (Å²) < 4.78 is 33.5. The summed E-state index contributed by atoms with van der Waals surface area (Å²) in [5.74, 6) is 0.620. The molecule has 6 nitrogen and oxygen atoms in total. The van der Waals surface area contributed by atoms with Crippen LogP contribution in [0.2, 0.25) is 0 Å². The quantitative estimate of drug-likeness (QED) is 0.731. The Bertz CT molecular complexity index is 618. The molecule has 0 unspecified atom stereocenters. The summed E-state index contributed by atoms with van der Waals surface area (Å²) in [6.07, 6.45) is 2.27. The zero-order chi connectivity index (χ0) is 16.9. The number of piperidine rings is 1. The number of benzene rings is 1. The van der Waals surface area contributed by atoms with E-state index in [4.69, 9.17) is 9.47 Å². The molecule has 1 aromatic carbocycles. The van der Waals surface area contributed by atoms with Gasteiger partial charge in [0.15, 0.2) is 0 Å². The molecule has 0 bridgehead atoms. The third-order valence-electron chi connectivity index (χ3n) is 3.99. The van der Waals surface area contributed by atoms with Crippen LogP contribution >= 0.6 is 0 Å². The molecule has 1 saturated heterocycles. The summed E-state index contributed by atoms with van der Waals surface area (Å²) in [6.45, 7) is 1.92.